The number of hydrogen-bond acceptors (Lipinski definition) is 2. The van der Waals surface area contributed by atoms with E-state index in [2.05, 4.69) is 0 Å². The second-order valence-electron chi connectivity index (χ2n) is 2.67. The predicted molar refractivity (Wildman–Crippen MR) is 38.4 cm³/mol. The molecule has 2 N–H and O–H groups in total. The lowest BCUT2D eigenvalue weighted by molar-refractivity contribution is 0.126. The number of carbonyl (C=O) groups excluding carboxylic acids is 1. The zero-order chi connectivity index (χ0) is 7.72. The van der Waals surface area contributed by atoms with Crippen molar-refractivity contribution in [3.8, 4) is 0 Å². The Morgan fingerprint density at radius 2 is 2.20 bits per heavy atom. The highest BCUT2D eigenvalue weighted by molar-refractivity contribution is 5.74. The number of nitrogens with zero attached hydrogens (tertiary/aromatic N) is 2. The van der Waals surface area contributed by atoms with Gasteiger partial charge in [0.15, 0.2) is 0 Å². The summed E-state index contributed by atoms with van der Waals surface area (Å²) in [4.78, 5) is 14.3. The van der Waals surface area contributed by atoms with E-state index in [1.807, 2.05) is 0 Å². The third-order valence-corrected chi connectivity index (χ3v) is 1.89. The molecular formula is C6H13N3O. The number of nitrogens with two attached hydrogens (primary N) is 1. The molecule has 10 heavy (non-hydrogen) atoms. The molecule has 1 aliphatic rings. The maximum atomic E-state index is 11.1. The van der Waals surface area contributed by atoms with Crippen molar-refractivity contribution >= 4 is 6.03 Å². The third-order valence-electron chi connectivity index (χ3n) is 1.89. The summed E-state index contributed by atoms with van der Waals surface area (Å²) in [5.41, 5.74) is 5.61. The molecule has 1 unspecified atom stereocenters. The molecule has 1 aliphatic heterocycles. The van der Waals surface area contributed by atoms with Crippen molar-refractivity contribution in [2.24, 2.45) is 5.73 Å². The fraction of sp³-hybridized carbons (Fsp3) is 0.833. The number of rotatable bonds is 0. The average molecular weight is 143 g/mol. The van der Waals surface area contributed by atoms with Gasteiger partial charge in [-0.15, -0.1) is 0 Å². The highest BCUT2D eigenvalue weighted by Crippen LogP contribution is 2.07. The van der Waals surface area contributed by atoms with Crippen molar-refractivity contribution in [1.82, 2.24) is 9.80 Å². The van der Waals surface area contributed by atoms with Crippen molar-refractivity contribution in [2.45, 2.75) is 12.6 Å². The van der Waals surface area contributed by atoms with E-state index in [-0.39, 0.29) is 12.2 Å². The first kappa shape index (κ1) is 7.34. The van der Waals surface area contributed by atoms with Crippen molar-refractivity contribution < 1.29 is 4.79 Å². The summed E-state index contributed by atoms with van der Waals surface area (Å²) < 4.78 is 0. The molecule has 0 saturated carbocycles. The molecule has 0 aromatic heterocycles. The lowest BCUT2D eigenvalue weighted by atomic mass is 10.2. The van der Waals surface area contributed by atoms with Gasteiger partial charge in [0.25, 0.3) is 0 Å². The number of carbonyl (C=O) groups is 1. The van der Waals surface area contributed by atoms with Crippen LogP contribution in [-0.2, 0) is 0 Å². The Balaban J connectivity index is 2.60. The van der Waals surface area contributed by atoms with Crippen molar-refractivity contribution in [3.63, 3.8) is 0 Å². The molecule has 0 aromatic carbocycles. The fourth-order valence-electron chi connectivity index (χ4n) is 1.03. The van der Waals surface area contributed by atoms with Crippen LogP contribution in [-0.4, -0.2) is 42.6 Å². The van der Waals surface area contributed by atoms with Crippen LogP contribution in [0, 0.1) is 0 Å². The summed E-state index contributed by atoms with van der Waals surface area (Å²) in [5, 5.41) is 0. The quantitative estimate of drug-likeness (QED) is 0.504. The van der Waals surface area contributed by atoms with Crippen LogP contribution >= 0.6 is 0 Å². The Bertz CT molecular complexity index is 148. The van der Waals surface area contributed by atoms with Gasteiger partial charge in [-0.2, -0.15) is 0 Å². The summed E-state index contributed by atoms with van der Waals surface area (Å²) >= 11 is 0. The van der Waals surface area contributed by atoms with Crippen LogP contribution in [0.3, 0.4) is 0 Å². The van der Waals surface area contributed by atoms with E-state index in [9.17, 15) is 4.79 Å². The van der Waals surface area contributed by atoms with Gasteiger partial charge in [-0.25, -0.2) is 4.79 Å². The minimum absolute atomic E-state index is 0.0127. The highest BCUT2D eigenvalue weighted by Gasteiger charge is 2.24. The first-order chi connectivity index (χ1) is 4.63. The smallest absolute Gasteiger partial charge is 0.320 e. The normalized spacial score (nSPS) is 27.5. The van der Waals surface area contributed by atoms with Crippen LogP contribution < -0.4 is 5.73 Å². The molecule has 4 nitrogen and oxygen atoms in total. The minimum atomic E-state index is -0.0938. The topological polar surface area (TPSA) is 49.6 Å². The van der Waals surface area contributed by atoms with Gasteiger partial charge in [0, 0.05) is 20.6 Å². The van der Waals surface area contributed by atoms with Crippen LogP contribution in [0.2, 0.25) is 0 Å². The zero-order valence-electron chi connectivity index (χ0n) is 6.37. The standard InChI is InChI=1S/C6H13N3O/c1-8-4-3-5(7)9(2)6(8)10/h5H,3-4,7H2,1-2H3. The van der Waals surface area contributed by atoms with E-state index in [1.165, 1.54) is 0 Å². The van der Waals surface area contributed by atoms with Crippen LogP contribution in [0.25, 0.3) is 0 Å². The lowest BCUT2D eigenvalue weighted by Gasteiger charge is -2.35. The SMILES string of the molecule is CN1CCC(N)N(C)C1=O. The first-order valence-electron chi connectivity index (χ1n) is 3.36. The molecule has 0 aliphatic carbocycles. The average Bonchev–Trinajstić information content (AvgIpc) is 1.93. The molecule has 0 aromatic rings. The Hall–Kier alpha value is -0.770. The molecule has 1 fully saturated rings. The Kier molecular flexibility index (Phi) is 1.80. The maximum Gasteiger partial charge on any atom is 0.320 e. The van der Waals surface area contributed by atoms with Gasteiger partial charge < -0.3 is 15.5 Å². The molecule has 1 atom stereocenters. The van der Waals surface area contributed by atoms with E-state index >= 15 is 0 Å². The van der Waals surface area contributed by atoms with Crippen LogP contribution in [0.5, 0.6) is 0 Å². The first-order valence-corrected chi connectivity index (χ1v) is 3.36. The molecule has 0 spiro atoms. The Morgan fingerprint density at radius 1 is 1.60 bits per heavy atom. The fourth-order valence-corrected chi connectivity index (χ4v) is 1.03. The molecular weight excluding hydrogens is 130 g/mol. The van der Waals surface area contributed by atoms with Gasteiger partial charge in [-0.05, 0) is 6.42 Å². The van der Waals surface area contributed by atoms with E-state index in [1.54, 1.807) is 23.9 Å². The molecule has 2 amide bonds. The van der Waals surface area contributed by atoms with Gasteiger partial charge in [0.05, 0.1) is 6.17 Å². The van der Waals surface area contributed by atoms with Crippen molar-refractivity contribution in [3.05, 3.63) is 0 Å². The number of urea groups is 1. The molecule has 0 bridgehead atoms. The Labute approximate surface area is 60.6 Å². The number of amides is 2. The predicted octanol–water partition coefficient (Wildman–Crippen LogP) is -0.341. The third kappa shape index (κ3) is 1.07. The van der Waals surface area contributed by atoms with Gasteiger partial charge in [0.2, 0.25) is 0 Å². The van der Waals surface area contributed by atoms with Crippen molar-refractivity contribution in [2.75, 3.05) is 20.6 Å². The highest BCUT2D eigenvalue weighted by atomic mass is 16.2. The molecule has 0 radical (unpaired) electrons. The van der Waals surface area contributed by atoms with E-state index < -0.39 is 0 Å². The zero-order valence-corrected chi connectivity index (χ0v) is 6.37. The van der Waals surface area contributed by atoms with E-state index in [0.717, 1.165) is 13.0 Å². The van der Waals surface area contributed by atoms with Crippen LogP contribution in [0.15, 0.2) is 0 Å². The lowest BCUT2D eigenvalue weighted by Crippen LogP contribution is -2.54. The number of hydrogen-bond donors (Lipinski definition) is 1. The summed E-state index contributed by atoms with van der Waals surface area (Å²) in [5.74, 6) is 0. The molecule has 1 rings (SSSR count). The van der Waals surface area contributed by atoms with Crippen molar-refractivity contribution in [1.29, 1.82) is 0 Å². The second-order valence-corrected chi connectivity index (χ2v) is 2.67. The summed E-state index contributed by atoms with van der Waals surface area (Å²) in [6.45, 7) is 0.768. The van der Waals surface area contributed by atoms with Gasteiger partial charge in [-0.3, -0.25) is 0 Å². The van der Waals surface area contributed by atoms with Gasteiger partial charge in [0.1, 0.15) is 0 Å². The molecule has 4 heteroatoms. The van der Waals surface area contributed by atoms with E-state index in [0.29, 0.717) is 0 Å². The molecule has 58 valence electrons. The largest absolute Gasteiger partial charge is 0.328 e. The molecule has 1 saturated heterocycles. The van der Waals surface area contributed by atoms with E-state index in [4.69, 9.17) is 5.73 Å². The van der Waals surface area contributed by atoms with Gasteiger partial charge in [-0.1, -0.05) is 0 Å². The Morgan fingerprint density at radius 3 is 2.70 bits per heavy atom. The second kappa shape index (κ2) is 2.46. The van der Waals surface area contributed by atoms with Crippen LogP contribution in [0.4, 0.5) is 4.79 Å². The van der Waals surface area contributed by atoms with Gasteiger partial charge >= 0.3 is 6.03 Å². The molecule has 1 heterocycles. The monoisotopic (exact) mass is 143 g/mol. The maximum absolute atomic E-state index is 11.1. The summed E-state index contributed by atoms with van der Waals surface area (Å²) in [6, 6.07) is 0.0127. The minimum Gasteiger partial charge on any atom is -0.328 e. The summed E-state index contributed by atoms with van der Waals surface area (Å²) in [7, 11) is 3.51. The van der Waals surface area contributed by atoms with Crippen LogP contribution in [0.1, 0.15) is 6.42 Å². The summed E-state index contributed by atoms with van der Waals surface area (Å²) in [6.07, 6.45) is 0.766.